The summed E-state index contributed by atoms with van der Waals surface area (Å²) in [6.45, 7) is 2.08. The van der Waals surface area contributed by atoms with E-state index in [9.17, 15) is 4.79 Å². The van der Waals surface area contributed by atoms with E-state index >= 15 is 0 Å². The molecule has 0 radical (unpaired) electrons. The van der Waals surface area contributed by atoms with E-state index in [4.69, 9.17) is 9.52 Å². The molecule has 1 fully saturated rings. The molecule has 1 unspecified atom stereocenters. The van der Waals surface area contributed by atoms with Crippen LogP contribution in [0.25, 0.3) is 0 Å². The highest BCUT2D eigenvalue weighted by Crippen LogP contribution is 2.13. The number of aliphatic hydroxyl groups excluding tert-OH is 1. The fourth-order valence-corrected chi connectivity index (χ4v) is 1.99. The first-order valence-corrected chi connectivity index (χ1v) is 5.46. The third kappa shape index (κ3) is 2.43. The Kier molecular flexibility index (Phi) is 3.58. The summed E-state index contributed by atoms with van der Waals surface area (Å²) >= 11 is 0. The number of nitrogens with zero attached hydrogens (tertiary/aromatic N) is 1. The van der Waals surface area contributed by atoms with Gasteiger partial charge in [0.25, 0.3) is 0 Å². The number of hydrogen-bond acceptors (Lipinski definition) is 4. The van der Waals surface area contributed by atoms with Crippen LogP contribution in [0.4, 0.5) is 0 Å². The van der Waals surface area contributed by atoms with Crippen LogP contribution in [0.5, 0.6) is 0 Å². The Balaban J connectivity index is 2.02. The van der Waals surface area contributed by atoms with Crippen molar-refractivity contribution in [3.05, 3.63) is 24.2 Å². The fourth-order valence-electron chi connectivity index (χ4n) is 1.99. The first-order valence-electron chi connectivity index (χ1n) is 5.46. The van der Waals surface area contributed by atoms with Crippen LogP contribution in [0.2, 0.25) is 0 Å². The number of amides is 1. The fraction of sp³-hybridized carbons (Fsp3) is 0.545. The Morgan fingerprint density at radius 2 is 2.50 bits per heavy atom. The van der Waals surface area contributed by atoms with E-state index in [2.05, 4.69) is 5.32 Å². The van der Waals surface area contributed by atoms with Gasteiger partial charge in [-0.05, 0) is 18.6 Å². The molecule has 1 saturated heterocycles. The Labute approximate surface area is 94.0 Å². The molecule has 0 spiro atoms. The lowest BCUT2D eigenvalue weighted by atomic mass is 10.1. The predicted molar refractivity (Wildman–Crippen MR) is 57.6 cm³/mol. The molecule has 0 aromatic carbocycles. The molecule has 5 heteroatoms. The van der Waals surface area contributed by atoms with Gasteiger partial charge in [-0.15, -0.1) is 0 Å². The van der Waals surface area contributed by atoms with Crippen LogP contribution in [-0.4, -0.2) is 41.7 Å². The number of carbonyl (C=O) groups is 1. The third-order valence-corrected chi connectivity index (χ3v) is 2.78. The van der Waals surface area contributed by atoms with Crippen molar-refractivity contribution in [1.82, 2.24) is 10.2 Å². The maximum Gasteiger partial charge on any atom is 0.237 e. The molecule has 16 heavy (non-hydrogen) atoms. The van der Waals surface area contributed by atoms with E-state index in [0.29, 0.717) is 19.5 Å². The molecule has 1 amide bonds. The molecule has 1 atom stereocenters. The Morgan fingerprint density at radius 3 is 3.19 bits per heavy atom. The second-order valence-corrected chi connectivity index (χ2v) is 3.87. The molecule has 0 aliphatic carbocycles. The maximum atomic E-state index is 11.6. The molecule has 2 heterocycles. The number of furan rings is 1. The number of nitrogens with one attached hydrogen (secondary N) is 1. The number of carbonyl (C=O) groups excluding carboxylic acids is 1. The predicted octanol–water partition coefficient (Wildman–Crippen LogP) is -0.0376. The molecule has 5 nitrogen and oxygen atoms in total. The monoisotopic (exact) mass is 224 g/mol. The smallest absolute Gasteiger partial charge is 0.237 e. The van der Waals surface area contributed by atoms with Crippen molar-refractivity contribution in [2.24, 2.45) is 0 Å². The minimum atomic E-state index is -0.246. The number of piperazine rings is 1. The Hall–Kier alpha value is -1.33. The van der Waals surface area contributed by atoms with Crippen molar-refractivity contribution in [3.63, 3.8) is 0 Å². The van der Waals surface area contributed by atoms with Crippen LogP contribution in [0, 0.1) is 0 Å². The number of aliphatic hydroxyl groups is 1. The van der Waals surface area contributed by atoms with Crippen LogP contribution in [0.3, 0.4) is 0 Å². The largest absolute Gasteiger partial charge is 0.468 e. The van der Waals surface area contributed by atoms with Crippen LogP contribution in [0.1, 0.15) is 12.2 Å². The average molecular weight is 224 g/mol. The quantitative estimate of drug-likeness (QED) is 0.753. The second kappa shape index (κ2) is 5.14. The minimum absolute atomic E-state index is 0.00754. The molecule has 88 valence electrons. The van der Waals surface area contributed by atoms with Gasteiger partial charge in [0.05, 0.1) is 18.8 Å². The Morgan fingerprint density at radius 1 is 1.62 bits per heavy atom. The van der Waals surface area contributed by atoms with Crippen molar-refractivity contribution >= 4 is 5.91 Å². The van der Waals surface area contributed by atoms with Crippen LogP contribution in [0.15, 0.2) is 22.8 Å². The van der Waals surface area contributed by atoms with Crippen molar-refractivity contribution in [2.75, 3.05) is 19.7 Å². The Bertz CT molecular complexity index is 337. The summed E-state index contributed by atoms with van der Waals surface area (Å²) in [5.41, 5.74) is 0. The normalized spacial score (nSPS) is 22.1. The minimum Gasteiger partial charge on any atom is -0.468 e. The number of hydrogen-bond donors (Lipinski definition) is 2. The van der Waals surface area contributed by atoms with Crippen LogP contribution in [-0.2, 0) is 11.3 Å². The highest BCUT2D eigenvalue weighted by atomic mass is 16.3. The van der Waals surface area contributed by atoms with E-state index in [1.54, 1.807) is 6.26 Å². The van der Waals surface area contributed by atoms with Gasteiger partial charge < -0.3 is 14.8 Å². The van der Waals surface area contributed by atoms with Gasteiger partial charge in [0.1, 0.15) is 5.76 Å². The summed E-state index contributed by atoms with van der Waals surface area (Å²) in [5.74, 6) is 0.837. The third-order valence-electron chi connectivity index (χ3n) is 2.78. The molecule has 2 rings (SSSR count). The van der Waals surface area contributed by atoms with Crippen molar-refractivity contribution < 1.29 is 14.3 Å². The SMILES string of the molecule is O=C1NCCN(Cc2ccco2)C1CCO. The van der Waals surface area contributed by atoms with Gasteiger partial charge in [0, 0.05) is 19.7 Å². The molecule has 1 aromatic rings. The van der Waals surface area contributed by atoms with Gasteiger partial charge in [0.2, 0.25) is 5.91 Å². The topological polar surface area (TPSA) is 65.7 Å². The van der Waals surface area contributed by atoms with Crippen molar-refractivity contribution in [3.8, 4) is 0 Å². The first kappa shape index (κ1) is 11.2. The van der Waals surface area contributed by atoms with Gasteiger partial charge in [-0.1, -0.05) is 0 Å². The van der Waals surface area contributed by atoms with E-state index in [-0.39, 0.29) is 18.6 Å². The summed E-state index contributed by atoms with van der Waals surface area (Å²) in [4.78, 5) is 13.7. The van der Waals surface area contributed by atoms with Crippen molar-refractivity contribution in [2.45, 2.75) is 19.0 Å². The van der Waals surface area contributed by atoms with Crippen molar-refractivity contribution in [1.29, 1.82) is 0 Å². The maximum absolute atomic E-state index is 11.6. The van der Waals surface area contributed by atoms with Gasteiger partial charge in [-0.25, -0.2) is 0 Å². The lowest BCUT2D eigenvalue weighted by molar-refractivity contribution is -0.130. The molecule has 2 N–H and O–H groups in total. The molecule has 1 aromatic heterocycles. The summed E-state index contributed by atoms with van der Waals surface area (Å²) in [5, 5.41) is 11.8. The van der Waals surface area contributed by atoms with Crippen LogP contribution < -0.4 is 5.32 Å². The average Bonchev–Trinajstić information content (AvgIpc) is 2.76. The van der Waals surface area contributed by atoms with E-state index in [1.807, 2.05) is 17.0 Å². The summed E-state index contributed by atoms with van der Waals surface area (Å²) < 4.78 is 5.26. The van der Waals surface area contributed by atoms with E-state index in [0.717, 1.165) is 12.3 Å². The van der Waals surface area contributed by atoms with Crippen LogP contribution >= 0.6 is 0 Å². The number of rotatable bonds is 4. The first-order chi connectivity index (χ1) is 7.81. The lowest BCUT2D eigenvalue weighted by Crippen LogP contribution is -2.54. The summed E-state index contributed by atoms with van der Waals surface area (Å²) in [6, 6.07) is 3.48. The lowest BCUT2D eigenvalue weighted by Gasteiger charge is -2.34. The molecular weight excluding hydrogens is 208 g/mol. The molecule has 1 aliphatic heterocycles. The summed E-state index contributed by atoms with van der Waals surface area (Å²) in [6.07, 6.45) is 2.09. The zero-order valence-corrected chi connectivity index (χ0v) is 9.06. The summed E-state index contributed by atoms with van der Waals surface area (Å²) in [7, 11) is 0. The van der Waals surface area contributed by atoms with E-state index < -0.39 is 0 Å². The molecule has 0 bridgehead atoms. The standard InChI is InChI=1S/C11H16N2O3/c14-6-3-10-11(15)12-4-5-13(10)8-9-2-1-7-16-9/h1-2,7,10,14H,3-6,8H2,(H,12,15). The van der Waals surface area contributed by atoms with Gasteiger partial charge in [0.15, 0.2) is 0 Å². The molecular formula is C11H16N2O3. The zero-order valence-electron chi connectivity index (χ0n) is 9.06. The highest BCUT2D eigenvalue weighted by molar-refractivity contribution is 5.82. The van der Waals surface area contributed by atoms with Gasteiger partial charge in [-0.3, -0.25) is 9.69 Å². The zero-order chi connectivity index (χ0) is 11.4. The van der Waals surface area contributed by atoms with Gasteiger partial charge >= 0.3 is 0 Å². The second-order valence-electron chi connectivity index (χ2n) is 3.87. The van der Waals surface area contributed by atoms with Gasteiger partial charge in [-0.2, -0.15) is 0 Å². The highest BCUT2D eigenvalue weighted by Gasteiger charge is 2.29. The molecule has 0 saturated carbocycles. The molecule has 1 aliphatic rings. The van der Waals surface area contributed by atoms with E-state index in [1.165, 1.54) is 0 Å².